The summed E-state index contributed by atoms with van der Waals surface area (Å²) in [5.74, 6) is 0.585. The summed E-state index contributed by atoms with van der Waals surface area (Å²) in [6, 6.07) is 8.18. The summed E-state index contributed by atoms with van der Waals surface area (Å²) in [6.45, 7) is 2.49. The third-order valence-electron chi connectivity index (χ3n) is 5.66. The third kappa shape index (κ3) is 5.30. The van der Waals surface area contributed by atoms with Gasteiger partial charge in [-0.15, -0.1) is 0 Å². The van der Waals surface area contributed by atoms with E-state index in [-0.39, 0.29) is 36.3 Å². The van der Waals surface area contributed by atoms with E-state index in [4.69, 9.17) is 9.47 Å². The van der Waals surface area contributed by atoms with Crippen molar-refractivity contribution in [3.8, 4) is 22.9 Å². The zero-order valence-electron chi connectivity index (χ0n) is 20.3. The van der Waals surface area contributed by atoms with Gasteiger partial charge in [-0.1, -0.05) is 13.0 Å². The molecule has 188 valence electrons. The van der Waals surface area contributed by atoms with Crippen molar-refractivity contribution in [3.05, 3.63) is 66.0 Å². The minimum Gasteiger partial charge on any atom is -0.491 e. The van der Waals surface area contributed by atoms with Crippen molar-refractivity contribution in [3.63, 3.8) is 0 Å². The molecule has 0 saturated heterocycles. The summed E-state index contributed by atoms with van der Waals surface area (Å²) >= 11 is 0. The molecule has 2 N–H and O–H groups in total. The number of rotatable bonds is 8. The van der Waals surface area contributed by atoms with Gasteiger partial charge in [0.2, 0.25) is 0 Å². The smallest absolute Gasteiger partial charge is 0.256 e. The lowest BCUT2D eigenvalue weighted by molar-refractivity contribution is 0.0964. The molecule has 1 atom stereocenters. The Morgan fingerprint density at radius 2 is 1.89 bits per heavy atom. The predicted molar refractivity (Wildman–Crippen MR) is 141 cm³/mol. The molecule has 36 heavy (non-hydrogen) atoms. The maximum absolute atomic E-state index is 14.7. The Kier molecular flexibility index (Phi) is 8.59. The number of hydrogen-bond acceptors (Lipinski definition) is 8. The van der Waals surface area contributed by atoms with E-state index >= 15 is 0 Å². The topological polar surface area (TPSA) is 111 Å². The standard InChI is InChI=1S/C25H25FN6O3.H2S/c1-14(16-5-6-18(26)22-17(24(33)27-2)7-8-28-23(16)22)11-29-21-10-19(31-13-32-21)15-9-20(34-3)25(35-4)30-12-15;/h5-10,12-14H,11H2,1-4H3,(H,27,33)(H,29,31,32);1H2/t14-;/m1./s1. The average molecular weight is 511 g/mol. The highest BCUT2D eigenvalue weighted by Gasteiger charge is 2.19. The van der Waals surface area contributed by atoms with Crippen molar-refractivity contribution >= 4 is 36.1 Å². The number of anilines is 1. The van der Waals surface area contributed by atoms with Crippen LogP contribution >= 0.6 is 13.5 Å². The van der Waals surface area contributed by atoms with Gasteiger partial charge < -0.3 is 20.1 Å². The molecular formula is C25H27FN6O3S. The van der Waals surface area contributed by atoms with Gasteiger partial charge in [-0.05, 0) is 23.8 Å². The molecular weight excluding hydrogens is 483 g/mol. The van der Waals surface area contributed by atoms with Crippen LogP contribution in [0, 0.1) is 5.82 Å². The monoisotopic (exact) mass is 510 g/mol. The Balaban J connectivity index is 0.00000361. The number of fused-ring (bicyclic) bond motifs is 1. The molecule has 0 aliphatic rings. The van der Waals surface area contributed by atoms with Crippen molar-refractivity contribution < 1.29 is 18.7 Å². The van der Waals surface area contributed by atoms with Gasteiger partial charge in [-0.2, -0.15) is 13.5 Å². The lowest BCUT2D eigenvalue weighted by atomic mass is 9.95. The van der Waals surface area contributed by atoms with E-state index in [1.807, 2.05) is 6.92 Å². The first-order valence-corrected chi connectivity index (χ1v) is 10.9. The van der Waals surface area contributed by atoms with Crippen molar-refractivity contribution in [1.82, 2.24) is 25.3 Å². The molecule has 1 aromatic carbocycles. The number of ether oxygens (including phenoxy) is 2. The zero-order valence-corrected chi connectivity index (χ0v) is 21.3. The summed E-state index contributed by atoms with van der Waals surface area (Å²) in [6.07, 6.45) is 4.63. The molecule has 3 heterocycles. The molecule has 9 nitrogen and oxygen atoms in total. The second-order valence-corrected chi connectivity index (χ2v) is 7.80. The largest absolute Gasteiger partial charge is 0.491 e. The number of halogens is 1. The molecule has 0 aliphatic heterocycles. The van der Waals surface area contributed by atoms with Gasteiger partial charge in [-0.25, -0.2) is 19.3 Å². The Bertz CT molecular complexity index is 1390. The number of hydrogen-bond donors (Lipinski definition) is 2. The molecule has 0 fully saturated rings. The zero-order chi connectivity index (χ0) is 24.9. The maximum Gasteiger partial charge on any atom is 0.256 e. The van der Waals surface area contributed by atoms with E-state index in [9.17, 15) is 9.18 Å². The Morgan fingerprint density at radius 1 is 1.08 bits per heavy atom. The SMILES string of the molecule is CNC(=O)c1ccnc2c([C@H](C)CNc3cc(-c4cnc(OC)c(OC)c4)ncn3)ccc(F)c12.S. The van der Waals surface area contributed by atoms with E-state index < -0.39 is 5.82 Å². The first-order valence-electron chi connectivity index (χ1n) is 10.9. The normalized spacial score (nSPS) is 11.4. The van der Waals surface area contributed by atoms with Crippen molar-refractivity contribution in [2.24, 2.45) is 0 Å². The van der Waals surface area contributed by atoms with E-state index in [2.05, 4.69) is 30.6 Å². The average Bonchev–Trinajstić information content (AvgIpc) is 2.90. The van der Waals surface area contributed by atoms with Gasteiger partial charge >= 0.3 is 0 Å². The van der Waals surface area contributed by atoms with Gasteiger partial charge in [0.25, 0.3) is 11.8 Å². The Hall–Kier alpha value is -3.99. The lowest BCUT2D eigenvalue weighted by Crippen LogP contribution is -2.19. The number of benzene rings is 1. The second-order valence-electron chi connectivity index (χ2n) is 7.80. The van der Waals surface area contributed by atoms with E-state index in [1.165, 1.54) is 38.8 Å². The number of amides is 1. The summed E-state index contributed by atoms with van der Waals surface area (Å²) in [4.78, 5) is 29.5. The van der Waals surface area contributed by atoms with Gasteiger partial charge in [0.1, 0.15) is 18.0 Å². The van der Waals surface area contributed by atoms with Crippen LogP contribution in [0.3, 0.4) is 0 Å². The third-order valence-corrected chi connectivity index (χ3v) is 5.66. The number of methoxy groups -OCH3 is 2. The van der Waals surface area contributed by atoms with E-state index in [0.29, 0.717) is 35.2 Å². The van der Waals surface area contributed by atoms with Gasteiger partial charge in [0.15, 0.2) is 5.75 Å². The number of nitrogens with zero attached hydrogens (tertiary/aromatic N) is 4. The highest BCUT2D eigenvalue weighted by molar-refractivity contribution is 7.59. The highest BCUT2D eigenvalue weighted by atomic mass is 32.1. The Labute approximate surface area is 215 Å². The fourth-order valence-electron chi connectivity index (χ4n) is 3.82. The molecule has 4 aromatic rings. The fraction of sp³-hybridized carbons (Fsp3) is 0.240. The van der Waals surface area contributed by atoms with Gasteiger partial charge in [-0.3, -0.25) is 9.78 Å². The summed E-state index contributed by atoms with van der Waals surface area (Å²) < 4.78 is 25.2. The summed E-state index contributed by atoms with van der Waals surface area (Å²) in [5, 5.41) is 6.06. The highest BCUT2D eigenvalue weighted by Crippen LogP contribution is 2.31. The number of carbonyl (C=O) groups excluding carboxylic acids is 1. The second kappa shape index (κ2) is 11.6. The maximum atomic E-state index is 14.7. The molecule has 0 spiro atoms. The molecule has 0 radical (unpaired) electrons. The van der Waals surface area contributed by atoms with Crippen LogP contribution in [-0.4, -0.2) is 53.7 Å². The summed E-state index contributed by atoms with van der Waals surface area (Å²) in [7, 11) is 4.58. The molecule has 11 heteroatoms. The molecule has 1 amide bonds. The molecule has 4 rings (SSSR count). The van der Waals surface area contributed by atoms with Gasteiger partial charge in [0, 0.05) is 48.9 Å². The van der Waals surface area contributed by atoms with Crippen molar-refractivity contribution in [2.75, 3.05) is 33.1 Å². The lowest BCUT2D eigenvalue weighted by Gasteiger charge is -2.17. The molecule has 0 bridgehead atoms. The number of pyridine rings is 2. The molecule has 0 aliphatic carbocycles. The minimum absolute atomic E-state index is 0. The molecule has 0 unspecified atom stereocenters. The van der Waals surface area contributed by atoms with E-state index in [1.54, 1.807) is 31.5 Å². The first kappa shape index (κ1) is 26.6. The van der Waals surface area contributed by atoms with Gasteiger partial charge in [0.05, 0.1) is 31.0 Å². The van der Waals surface area contributed by atoms with Crippen LogP contribution in [0.2, 0.25) is 0 Å². The van der Waals surface area contributed by atoms with Crippen LogP contribution in [0.4, 0.5) is 10.2 Å². The number of carbonyl (C=O) groups is 1. The van der Waals surface area contributed by atoms with Crippen molar-refractivity contribution in [2.45, 2.75) is 12.8 Å². The summed E-state index contributed by atoms with van der Waals surface area (Å²) in [5.41, 5.74) is 2.93. The Morgan fingerprint density at radius 3 is 2.61 bits per heavy atom. The predicted octanol–water partition coefficient (Wildman–Crippen LogP) is 3.93. The van der Waals surface area contributed by atoms with Crippen LogP contribution in [-0.2, 0) is 0 Å². The van der Waals surface area contributed by atoms with Crippen LogP contribution in [0.15, 0.2) is 49.1 Å². The molecule has 3 aromatic heterocycles. The van der Waals surface area contributed by atoms with Crippen LogP contribution in [0.5, 0.6) is 11.6 Å². The quantitative estimate of drug-likeness (QED) is 0.367. The van der Waals surface area contributed by atoms with Crippen LogP contribution in [0.1, 0.15) is 28.8 Å². The minimum atomic E-state index is -0.486. The first-order chi connectivity index (χ1) is 17.0. The number of aromatic nitrogens is 4. The van der Waals surface area contributed by atoms with Crippen LogP contribution in [0.25, 0.3) is 22.2 Å². The van der Waals surface area contributed by atoms with Crippen LogP contribution < -0.4 is 20.1 Å². The fourth-order valence-corrected chi connectivity index (χ4v) is 3.82. The molecule has 0 saturated carbocycles. The van der Waals surface area contributed by atoms with Crippen molar-refractivity contribution in [1.29, 1.82) is 0 Å². The number of nitrogens with one attached hydrogen (secondary N) is 2. The van der Waals surface area contributed by atoms with E-state index in [0.717, 1.165) is 11.1 Å².